The SMILES string of the molecule is Cc1ccn(-c2cc(-c3ccc(C)c(C)c3)ccc2[C@@H](Oc2cc(N3CCC4(CC3)CC(C(=O)O)NC4C(C)(C)C)nc(N)n2)C(F)(F)F)n1. The van der Waals surface area contributed by atoms with Gasteiger partial charge in [0.2, 0.25) is 17.9 Å². The van der Waals surface area contributed by atoms with Gasteiger partial charge in [-0.15, -0.1) is 0 Å². The number of carboxylic acid groups (broad SMARTS) is 1. The Labute approximate surface area is 289 Å². The third kappa shape index (κ3) is 7.01. The third-order valence-electron chi connectivity index (χ3n) is 10.2. The maximum Gasteiger partial charge on any atom is 0.429 e. The van der Waals surface area contributed by atoms with Crippen molar-refractivity contribution in [2.24, 2.45) is 10.8 Å². The molecule has 0 bridgehead atoms. The van der Waals surface area contributed by atoms with Crippen LogP contribution in [0.2, 0.25) is 0 Å². The van der Waals surface area contributed by atoms with Crippen molar-refractivity contribution in [1.29, 1.82) is 0 Å². The molecule has 0 saturated carbocycles. The van der Waals surface area contributed by atoms with Crippen LogP contribution in [0.25, 0.3) is 16.8 Å². The van der Waals surface area contributed by atoms with E-state index in [1.54, 1.807) is 31.3 Å². The number of carboxylic acids is 1. The molecule has 6 rings (SSSR count). The molecule has 2 aromatic heterocycles. The van der Waals surface area contributed by atoms with E-state index in [2.05, 4.69) is 41.2 Å². The number of nitrogens with two attached hydrogens (primary N) is 1. The topological polar surface area (TPSA) is 131 Å². The number of alkyl halides is 3. The number of hydrogen-bond donors (Lipinski definition) is 3. The van der Waals surface area contributed by atoms with E-state index in [9.17, 15) is 23.1 Å². The summed E-state index contributed by atoms with van der Waals surface area (Å²) in [5.74, 6) is -1.04. The second-order valence-electron chi connectivity index (χ2n) is 14.8. The van der Waals surface area contributed by atoms with E-state index in [4.69, 9.17) is 10.5 Å². The molecule has 0 radical (unpaired) electrons. The number of carbonyl (C=O) groups is 1. The second-order valence-corrected chi connectivity index (χ2v) is 14.8. The quantitative estimate of drug-likeness (QED) is 0.188. The lowest BCUT2D eigenvalue weighted by molar-refractivity contribution is -0.198. The van der Waals surface area contributed by atoms with E-state index in [0.29, 0.717) is 43.9 Å². The lowest BCUT2D eigenvalue weighted by Gasteiger charge is -2.47. The second kappa shape index (κ2) is 12.9. The van der Waals surface area contributed by atoms with Gasteiger partial charge in [0, 0.05) is 37.0 Å². The van der Waals surface area contributed by atoms with Crippen molar-refractivity contribution in [3.63, 3.8) is 0 Å². The largest absolute Gasteiger partial charge is 0.480 e. The minimum absolute atomic E-state index is 0.0191. The van der Waals surface area contributed by atoms with Crippen molar-refractivity contribution < 1.29 is 27.8 Å². The predicted octanol–water partition coefficient (Wildman–Crippen LogP) is 6.97. The minimum Gasteiger partial charge on any atom is -0.480 e. The normalized spacial score (nSPS) is 19.9. The van der Waals surface area contributed by atoms with Crippen LogP contribution in [-0.4, -0.2) is 62.2 Å². The third-order valence-corrected chi connectivity index (χ3v) is 10.2. The average Bonchev–Trinajstić information content (AvgIpc) is 3.65. The number of aryl methyl sites for hydroxylation is 3. The van der Waals surface area contributed by atoms with Gasteiger partial charge in [-0.25, -0.2) is 4.68 Å². The zero-order valence-electron chi connectivity index (χ0n) is 29.2. The molecule has 13 heteroatoms. The van der Waals surface area contributed by atoms with Crippen LogP contribution < -0.4 is 20.7 Å². The Kier molecular flexibility index (Phi) is 9.08. The van der Waals surface area contributed by atoms with Gasteiger partial charge in [0.05, 0.1) is 11.4 Å². The first kappa shape index (κ1) is 35.2. The molecule has 2 fully saturated rings. The van der Waals surface area contributed by atoms with Crippen molar-refractivity contribution in [3.05, 3.63) is 77.1 Å². The molecule has 0 amide bonds. The first-order valence-electron chi connectivity index (χ1n) is 16.8. The maximum absolute atomic E-state index is 15.0. The van der Waals surface area contributed by atoms with E-state index < -0.39 is 24.3 Å². The van der Waals surface area contributed by atoms with Gasteiger partial charge in [0.1, 0.15) is 11.9 Å². The fraction of sp³-hybridized carbons (Fsp3) is 0.459. The highest BCUT2D eigenvalue weighted by Gasteiger charge is 2.54. The van der Waals surface area contributed by atoms with Crippen molar-refractivity contribution in [2.45, 2.75) is 85.2 Å². The van der Waals surface area contributed by atoms with Crippen molar-refractivity contribution >= 4 is 17.7 Å². The van der Waals surface area contributed by atoms with Crippen molar-refractivity contribution in [1.82, 2.24) is 25.1 Å². The highest BCUT2D eigenvalue weighted by Crippen LogP contribution is 2.50. The Bertz CT molecular complexity index is 1890. The maximum atomic E-state index is 15.0. The van der Waals surface area contributed by atoms with Gasteiger partial charge < -0.3 is 25.8 Å². The summed E-state index contributed by atoms with van der Waals surface area (Å²) in [6.07, 6.45) is -3.74. The number of piperidine rings is 1. The zero-order valence-corrected chi connectivity index (χ0v) is 29.2. The number of anilines is 2. The van der Waals surface area contributed by atoms with Crippen LogP contribution in [-0.2, 0) is 4.79 Å². The van der Waals surface area contributed by atoms with Gasteiger partial charge in [-0.3, -0.25) is 4.79 Å². The molecule has 4 aromatic rings. The molecule has 2 aliphatic heterocycles. The summed E-state index contributed by atoms with van der Waals surface area (Å²) in [5.41, 5.74) is 10.2. The van der Waals surface area contributed by atoms with E-state index >= 15 is 0 Å². The van der Waals surface area contributed by atoms with Crippen LogP contribution in [0.4, 0.5) is 24.9 Å². The Balaban J connectivity index is 1.31. The molecule has 10 nitrogen and oxygen atoms in total. The number of rotatable bonds is 7. The van der Waals surface area contributed by atoms with Crippen LogP contribution in [0.1, 0.15) is 68.5 Å². The number of benzene rings is 2. The average molecular weight is 692 g/mol. The summed E-state index contributed by atoms with van der Waals surface area (Å²) in [5, 5.41) is 17.6. The fourth-order valence-corrected chi connectivity index (χ4v) is 7.66. The minimum atomic E-state index is -4.82. The number of ether oxygens (including phenoxy) is 1. The molecule has 2 saturated heterocycles. The Morgan fingerprint density at radius 3 is 2.28 bits per heavy atom. The first-order valence-corrected chi connectivity index (χ1v) is 16.8. The number of nitrogens with one attached hydrogen (secondary N) is 1. The predicted molar refractivity (Wildman–Crippen MR) is 185 cm³/mol. The summed E-state index contributed by atoms with van der Waals surface area (Å²) in [6, 6.07) is 13.2. The molecule has 1 spiro atoms. The molecule has 4 N–H and O–H groups in total. The molecule has 2 unspecified atom stereocenters. The number of halogens is 3. The van der Waals surface area contributed by atoms with Crippen LogP contribution >= 0.6 is 0 Å². The molecule has 2 aliphatic rings. The van der Waals surface area contributed by atoms with Gasteiger partial charge in [-0.05, 0) is 85.3 Å². The van der Waals surface area contributed by atoms with E-state index in [-0.39, 0.29) is 40.0 Å². The highest BCUT2D eigenvalue weighted by atomic mass is 19.4. The van der Waals surface area contributed by atoms with Gasteiger partial charge in [-0.2, -0.15) is 28.2 Å². The van der Waals surface area contributed by atoms with E-state index in [1.807, 2.05) is 36.9 Å². The molecule has 0 aliphatic carbocycles. The summed E-state index contributed by atoms with van der Waals surface area (Å²) >= 11 is 0. The van der Waals surface area contributed by atoms with Gasteiger partial charge in [-0.1, -0.05) is 51.1 Å². The Hall–Kier alpha value is -4.65. The van der Waals surface area contributed by atoms with Crippen LogP contribution in [0, 0.1) is 31.6 Å². The lowest BCUT2D eigenvalue weighted by Crippen LogP contribution is -2.52. The molecule has 3 atom stereocenters. The van der Waals surface area contributed by atoms with Crippen LogP contribution in [0.3, 0.4) is 0 Å². The number of aromatic nitrogens is 4. The Morgan fingerprint density at radius 1 is 1.00 bits per heavy atom. The fourth-order valence-electron chi connectivity index (χ4n) is 7.66. The smallest absolute Gasteiger partial charge is 0.429 e. The number of nitrogen functional groups attached to an aromatic ring is 1. The summed E-state index contributed by atoms with van der Waals surface area (Å²) in [6.45, 7) is 13.1. The standard InChI is InChI=1S/C37H44F3N7O3/c1-21-7-8-24(17-22(21)2)25-9-10-26(28(18-25)47-14-11-23(3)45-47)31(37(38,39)40)50-30-19-29(43-34(41)44-30)46-15-12-36(13-16-46)20-27(32(48)49)42-33(36)35(4,5)6/h7-11,14,17-19,27,31,33,42H,12-13,15-16,20H2,1-6H3,(H,48,49)(H2,41,43,44)/t27?,31-,33?/m1/s1. The van der Waals surface area contributed by atoms with Gasteiger partial charge in [0.25, 0.3) is 0 Å². The molecule has 2 aromatic carbocycles. The Morgan fingerprint density at radius 2 is 1.68 bits per heavy atom. The van der Waals surface area contributed by atoms with Gasteiger partial charge >= 0.3 is 12.1 Å². The molecular formula is C37H44F3N7O3. The highest BCUT2D eigenvalue weighted by molar-refractivity contribution is 5.74. The molecule has 4 heterocycles. The number of aliphatic carboxylic acids is 1. The summed E-state index contributed by atoms with van der Waals surface area (Å²) in [7, 11) is 0. The van der Waals surface area contributed by atoms with Crippen LogP contribution in [0.15, 0.2) is 54.7 Å². The van der Waals surface area contributed by atoms with Crippen molar-refractivity contribution in [3.8, 4) is 22.7 Å². The number of nitrogens with zero attached hydrogens (tertiary/aromatic N) is 5. The van der Waals surface area contributed by atoms with E-state index in [1.165, 1.54) is 16.8 Å². The van der Waals surface area contributed by atoms with Gasteiger partial charge in [0.15, 0.2) is 0 Å². The molecular weight excluding hydrogens is 647 g/mol. The first-order chi connectivity index (χ1) is 23.4. The van der Waals surface area contributed by atoms with Crippen LogP contribution in [0.5, 0.6) is 5.88 Å². The molecule has 50 heavy (non-hydrogen) atoms. The van der Waals surface area contributed by atoms with E-state index in [0.717, 1.165) is 22.3 Å². The zero-order chi connectivity index (χ0) is 36.2. The lowest BCUT2D eigenvalue weighted by atomic mass is 9.64. The summed E-state index contributed by atoms with van der Waals surface area (Å²) < 4.78 is 52.1. The monoisotopic (exact) mass is 691 g/mol. The number of hydrogen-bond acceptors (Lipinski definition) is 8. The summed E-state index contributed by atoms with van der Waals surface area (Å²) in [4.78, 5) is 22.3. The molecule has 266 valence electrons. The van der Waals surface area contributed by atoms with Crippen molar-refractivity contribution in [2.75, 3.05) is 23.7 Å².